The molecule has 0 saturated carbocycles. The fraction of sp³-hybridized carbons (Fsp3) is 0.632. The normalized spacial score (nSPS) is 21.4. The first kappa shape index (κ1) is 16.8. The van der Waals surface area contributed by atoms with Crippen LogP contribution < -0.4 is 4.90 Å². The second kappa shape index (κ2) is 6.90. The Hall–Kier alpha value is -1.69. The first-order valence-corrected chi connectivity index (χ1v) is 10.2. The first-order chi connectivity index (χ1) is 12.2. The van der Waals surface area contributed by atoms with Crippen molar-refractivity contribution in [2.24, 2.45) is 11.8 Å². The van der Waals surface area contributed by atoms with Gasteiger partial charge >= 0.3 is 5.97 Å². The average Bonchev–Trinajstić information content (AvgIpc) is 2.99. The highest BCUT2D eigenvalue weighted by Crippen LogP contribution is 2.41. The number of rotatable bonds is 3. The largest absolute Gasteiger partial charge is 0.466 e. The van der Waals surface area contributed by atoms with E-state index in [9.17, 15) is 4.79 Å². The Bertz CT molecular complexity index is 780. The summed E-state index contributed by atoms with van der Waals surface area (Å²) >= 11 is 1.84. The maximum atomic E-state index is 12.0. The number of carbonyl (C=O) groups excluding carboxylic acids is 1. The number of nitrogens with zero attached hydrogens (tertiary/aromatic N) is 3. The number of fused-ring (bicyclic) bond motifs is 3. The molecule has 1 atom stereocenters. The van der Waals surface area contributed by atoms with Gasteiger partial charge in [0.2, 0.25) is 0 Å². The van der Waals surface area contributed by atoms with Gasteiger partial charge < -0.3 is 9.64 Å². The van der Waals surface area contributed by atoms with Crippen LogP contribution in [-0.2, 0) is 22.4 Å². The van der Waals surface area contributed by atoms with Gasteiger partial charge in [-0.05, 0) is 50.5 Å². The van der Waals surface area contributed by atoms with E-state index in [1.165, 1.54) is 28.7 Å². The zero-order valence-corrected chi connectivity index (χ0v) is 15.8. The van der Waals surface area contributed by atoms with Gasteiger partial charge in [-0.15, -0.1) is 11.3 Å². The molecule has 6 heteroatoms. The highest BCUT2D eigenvalue weighted by Gasteiger charge is 2.29. The molecule has 0 aromatic carbocycles. The summed E-state index contributed by atoms with van der Waals surface area (Å²) in [6.07, 6.45) is 6.93. The third-order valence-electron chi connectivity index (χ3n) is 5.49. The number of aromatic nitrogens is 2. The molecule has 1 saturated heterocycles. The molecule has 1 aliphatic carbocycles. The Morgan fingerprint density at radius 2 is 2.12 bits per heavy atom. The molecule has 2 aromatic rings. The molecule has 2 aromatic heterocycles. The van der Waals surface area contributed by atoms with Crippen LogP contribution in [0, 0.1) is 11.8 Å². The van der Waals surface area contributed by atoms with Crippen molar-refractivity contribution in [3.05, 3.63) is 16.8 Å². The highest BCUT2D eigenvalue weighted by molar-refractivity contribution is 7.19. The lowest BCUT2D eigenvalue weighted by atomic mass is 9.89. The lowest BCUT2D eigenvalue weighted by Gasteiger charge is -2.32. The highest BCUT2D eigenvalue weighted by atomic mass is 32.1. The summed E-state index contributed by atoms with van der Waals surface area (Å²) in [5, 5.41) is 1.27. The number of aryl methyl sites for hydroxylation is 1. The van der Waals surface area contributed by atoms with Crippen molar-refractivity contribution >= 4 is 33.3 Å². The number of esters is 1. The second-order valence-corrected chi connectivity index (χ2v) is 8.33. The van der Waals surface area contributed by atoms with Gasteiger partial charge in [-0.2, -0.15) is 0 Å². The van der Waals surface area contributed by atoms with E-state index in [0.29, 0.717) is 6.61 Å². The number of piperidine rings is 1. The number of carbonyl (C=O) groups is 1. The average molecular weight is 359 g/mol. The molecule has 5 nitrogen and oxygen atoms in total. The quantitative estimate of drug-likeness (QED) is 0.784. The zero-order chi connectivity index (χ0) is 17.4. The van der Waals surface area contributed by atoms with Gasteiger partial charge in [0, 0.05) is 18.0 Å². The number of anilines is 1. The van der Waals surface area contributed by atoms with Crippen LogP contribution in [0.2, 0.25) is 0 Å². The number of hydrogen-bond acceptors (Lipinski definition) is 6. The first-order valence-electron chi connectivity index (χ1n) is 9.34. The third kappa shape index (κ3) is 3.12. The fourth-order valence-corrected chi connectivity index (χ4v) is 5.43. The van der Waals surface area contributed by atoms with Crippen LogP contribution in [0.1, 0.15) is 43.6 Å². The van der Waals surface area contributed by atoms with Crippen molar-refractivity contribution < 1.29 is 9.53 Å². The summed E-state index contributed by atoms with van der Waals surface area (Å²) in [6.45, 7) is 6.38. The molecule has 0 bridgehead atoms. The molecule has 0 N–H and O–H groups in total. The molecular weight excluding hydrogens is 334 g/mol. The molecule has 0 amide bonds. The maximum Gasteiger partial charge on any atom is 0.309 e. The SMILES string of the molecule is CCOC(=O)C1CCN(c2ncnc3sc4c(c23)CC[C@H](C)C4)CC1. The lowest BCUT2D eigenvalue weighted by molar-refractivity contribution is -0.148. The maximum absolute atomic E-state index is 12.0. The van der Waals surface area contributed by atoms with E-state index in [0.717, 1.165) is 48.9 Å². The van der Waals surface area contributed by atoms with Gasteiger partial charge in [-0.25, -0.2) is 9.97 Å². The summed E-state index contributed by atoms with van der Waals surface area (Å²) < 4.78 is 5.18. The molecule has 4 rings (SSSR count). The van der Waals surface area contributed by atoms with Gasteiger partial charge in [0.1, 0.15) is 17.0 Å². The number of thiophene rings is 1. The Morgan fingerprint density at radius 1 is 1.32 bits per heavy atom. The summed E-state index contributed by atoms with van der Waals surface area (Å²) in [4.78, 5) is 26.1. The van der Waals surface area contributed by atoms with Crippen LogP contribution in [0.3, 0.4) is 0 Å². The standard InChI is InChI=1S/C19H25N3O2S/c1-3-24-19(23)13-6-8-22(9-7-13)17-16-14-5-4-12(2)10-15(14)25-18(16)21-11-20-17/h11-13H,3-10H2,1-2H3/t12-/m0/s1. The van der Waals surface area contributed by atoms with E-state index in [4.69, 9.17) is 4.74 Å². The van der Waals surface area contributed by atoms with E-state index >= 15 is 0 Å². The van der Waals surface area contributed by atoms with Gasteiger partial charge in [0.05, 0.1) is 17.9 Å². The summed E-state index contributed by atoms with van der Waals surface area (Å²) in [6, 6.07) is 0. The topological polar surface area (TPSA) is 55.3 Å². The van der Waals surface area contributed by atoms with Crippen molar-refractivity contribution in [2.45, 2.75) is 46.0 Å². The Labute approximate surface area is 152 Å². The summed E-state index contributed by atoms with van der Waals surface area (Å²) in [5.41, 5.74) is 1.47. The minimum atomic E-state index is -0.0446. The van der Waals surface area contributed by atoms with Crippen molar-refractivity contribution in [1.29, 1.82) is 0 Å². The fourth-order valence-electron chi connectivity index (χ4n) is 4.09. The molecule has 3 heterocycles. The molecule has 0 spiro atoms. The van der Waals surface area contributed by atoms with Crippen LogP contribution in [0.4, 0.5) is 5.82 Å². The predicted molar refractivity (Wildman–Crippen MR) is 100 cm³/mol. The molecule has 25 heavy (non-hydrogen) atoms. The predicted octanol–water partition coefficient (Wildman–Crippen LogP) is 3.60. The van der Waals surface area contributed by atoms with Crippen molar-refractivity contribution in [3.63, 3.8) is 0 Å². The zero-order valence-electron chi connectivity index (χ0n) is 15.0. The van der Waals surface area contributed by atoms with Gasteiger partial charge in [-0.3, -0.25) is 4.79 Å². The molecule has 0 radical (unpaired) electrons. The van der Waals surface area contributed by atoms with E-state index in [-0.39, 0.29) is 11.9 Å². The van der Waals surface area contributed by atoms with Crippen molar-refractivity contribution in [2.75, 3.05) is 24.6 Å². The van der Waals surface area contributed by atoms with Crippen LogP contribution in [0.15, 0.2) is 6.33 Å². The smallest absolute Gasteiger partial charge is 0.309 e. The summed E-state index contributed by atoms with van der Waals surface area (Å²) in [5.74, 6) is 1.82. The molecule has 0 unspecified atom stereocenters. The monoisotopic (exact) mass is 359 g/mol. The van der Waals surface area contributed by atoms with E-state index in [2.05, 4.69) is 21.8 Å². The Kier molecular flexibility index (Phi) is 4.63. The second-order valence-electron chi connectivity index (χ2n) is 7.24. The van der Waals surface area contributed by atoms with Crippen molar-refractivity contribution in [3.8, 4) is 0 Å². The van der Waals surface area contributed by atoms with Crippen molar-refractivity contribution in [1.82, 2.24) is 9.97 Å². The third-order valence-corrected chi connectivity index (χ3v) is 6.65. The van der Waals surface area contributed by atoms with Gasteiger partial charge in [-0.1, -0.05) is 6.92 Å². The lowest BCUT2D eigenvalue weighted by Crippen LogP contribution is -2.37. The minimum absolute atomic E-state index is 0.0331. The van der Waals surface area contributed by atoms with Crippen LogP contribution >= 0.6 is 11.3 Å². The van der Waals surface area contributed by atoms with Crippen LogP contribution in [-0.4, -0.2) is 35.6 Å². The van der Waals surface area contributed by atoms with E-state index in [1.807, 2.05) is 18.3 Å². The van der Waals surface area contributed by atoms with E-state index in [1.54, 1.807) is 6.33 Å². The van der Waals surface area contributed by atoms with Gasteiger partial charge in [0.15, 0.2) is 0 Å². The molecular formula is C19H25N3O2S. The Balaban J connectivity index is 1.59. The minimum Gasteiger partial charge on any atom is -0.466 e. The van der Waals surface area contributed by atoms with E-state index < -0.39 is 0 Å². The summed E-state index contributed by atoms with van der Waals surface area (Å²) in [7, 11) is 0. The van der Waals surface area contributed by atoms with Crippen LogP contribution in [0.25, 0.3) is 10.2 Å². The number of ether oxygens (including phenoxy) is 1. The molecule has 1 aliphatic heterocycles. The number of hydrogen-bond donors (Lipinski definition) is 0. The molecule has 134 valence electrons. The molecule has 2 aliphatic rings. The van der Waals surface area contributed by atoms with Gasteiger partial charge in [0.25, 0.3) is 0 Å². The van der Waals surface area contributed by atoms with Crippen LogP contribution in [0.5, 0.6) is 0 Å². The Morgan fingerprint density at radius 3 is 2.88 bits per heavy atom. The molecule has 1 fully saturated rings.